The quantitative estimate of drug-likeness (QED) is 0.742. The summed E-state index contributed by atoms with van der Waals surface area (Å²) in [5.41, 5.74) is 0.940. The summed E-state index contributed by atoms with van der Waals surface area (Å²) in [4.78, 5) is 27.1. The van der Waals surface area contributed by atoms with Crippen LogP contribution in [0.1, 0.15) is 39.0 Å². The van der Waals surface area contributed by atoms with Crippen molar-refractivity contribution in [1.29, 1.82) is 0 Å². The summed E-state index contributed by atoms with van der Waals surface area (Å²) in [5.74, 6) is -0.272. The van der Waals surface area contributed by atoms with Crippen molar-refractivity contribution in [3.05, 3.63) is 30.3 Å². The van der Waals surface area contributed by atoms with Crippen LogP contribution in [0.4, 0.5) is 5.69 Å². The normalized spacial score (nSPS) is 21.8. The molecular formula is C19H25N3O4S. The molecule has 2 heterocycles. The van der Waals surface area contributed by atoms with Crippen LogP contribution in [0.15, 0.2) is 35.4 Å². The predicted molar refractivity (Wildman–Crippen MR) is 104 cm³/mol. The lowest BCUT2D eigenvalue weighted by molar-refractivity contribution is -0.126. The van der Waals surface area contributed by atoms with E-state index >= 15 is 0 Å². The van der Waals surface area contributed by atoms with Crippen LogP contribution in [-0.4, -0.2) is 54.9 Å². The average molecular weight is 391 g/mol. The Morgan fingerprint density at radius 2 is 2.00 bits per heavy atom. The predicted octanol–water partition coefficient (Wildman–Crippen LogP) is 1.99. The van der Waals surface area contributed by atoms with Gasteiger partial charge in [0, 0.05) is 25.4 Å². The fraction of sp³-hybridized carbons (Fsp3) is 0.526. The minimum Gasteiger partial charge on any atom is -0.334 e. The molecule has 0 aliphatic carbocycles. The second kappa shape index (κ2) is 8.21. The van der Waals surface area contributed by atoms with E-state index in [2.05, 4.69) is 5.10 Å². The third-order valence-electron chi connectivity index (χ3n) is 4.94. The van der Waals surface area contributed by atoms with Gasteiger partial charge in [-0.3, -0.25) is 9.59 Å². The topological polar surface area (TPSA) is 87.1 Å². The van der Waals surface area contributed by atoms with Crippen LogP contribution in [0.25, 0.3) is 0 Å². The SMILES string of the molecule is CCCCN(C(=O)C1=NN(c2ccccc2)C(=O)CC1)[C@@H]1CCS(=O)(=O)C1. The summed E-state index contributed by atoms with van der Waals surface area (Å²) in [7, 11) is -3.09. The van der Waals surface area contributed by atoms with Crippen molar-refractivity contribution in [2.75, 3.05) is 23.1 Å². The van der Waals surface area contributed by atoms with E-state index in [1.165, 1.54) is 5.01 Å². The standard InChI is InChI=1S/C19H25N3O4S/c1-2-3-12-21(16-11-13-27(25,26)14-16)19(24)17-9-10-18(23)22(20-17)15-7-5-4-6-8-15/h4-8,16H,2-3,9-14H2,1H3/t16-/m1/s1. The van der Waals surface area contributed by atoms with E-state index in [9.17, 15) is 18.0 Å². The number of para-hydroxylation sites is 1. The van der Waals surface area contributed by atoms with Crippen LogP contribution in [0, 0.1) is 0 Å². The van der Waals surface area contributed by atoms with Crippen molar-refractivity contribution in [2.45, 2.75) is 45.1 Å². The van der Waals surface area contributed by atoms with Crippen LogP contribution >= 0.6 is 0 Å². The first kappa shape index (κ1) is 19.5. The maximum atomic E-state index is 13.1. The van der Waals surface area contributed by atoms with E-state index in [1.54, 1.807) is 17.0 Å². The van der Waals surface area contributed by atoms with Gasteiger partial charge < -0.3 is 4.90 Å². The third kappa shape index (κ3) is 4.55. The maximum Gasteiger partial charge on any atom is 0.270 e. The summed E-state index contributed by atoms with van der Waals surface area (Å²) < 4.78 is 23.8. The Morgan fingerprint density at radius 1 is 1.26 bits per heavy atom. The minimum atomic E-state index is -3.09. The molecule has 0 N–H and O–H groups in total. The first-order chi connectivity index (χ1) is 12.9. The van der Waals surface area contributed by atoms with E-state index in [-0.39, 0.29) is 42.2 Å². The van der Waals surface area contributed by atoms with Gasteiger partial charge in [-0.05, 0) is 25.0 Å². The van der Waals surface area contributed by atoms with E-state index in [1.807, 2.05) is 25.1 Å². The smallest absolute Gasteiger partial charge is 0.270 e. The molecule has 0 unspecified atom stereocenters. The van der Waals surface area contributed by atoms with Crippen LogP contribution in [-0.2, 0) is 19.4 Å². The molecule has 3 rings (SSSR count). The molecular weight excluding hydrogens is 366 g/mol. The van der Waals surface area contributed by atoms with Gasteiger partial charge in [-0.15, -0.1) is 0 Å². The Hall–Kier alpha value is -2.22. The van der Waals surface area contributed by atoms with Crippen molar-refractivity contribution < 1.29 is 18.0 Å². The molecule has 1 fully saturated rings. The molecule has 0 saturated carbocycles. The zero-order valence-electron chi connectivity index (χ0n) is 15.5. The molecule has 0 spiro atoms. The van der Waals surface area contributed by atoms with Gasteiger partial charge in [0.15, 0.2) is 9.84 Å². The number of hydrogen-bond acceptors (Lipinski definition) is 5. The zero-order chi connectivity index (χ0) is 19.4. The Bertz CT molecular complexity index is 836. The van der Waals surface area contributed by atoms with Crippen LogP contribution in [0.5, 0.6) is 0 Å². The molecule has 1 aromatic rings. The second-order valence-corrected chi connectivity index (χ2v) is 9.23. The minimum absolute atomic E-state index is 0.0110. The molecule has 0 aromatic heterocycles. The lowest BCUT2D eigenvalue weighted by Gasteiger charge is -2.31. The summed E-state index contributed by atoms with van der Waals surface area (Å²) in [6, 6.07) is 8.71. The summed E-state index contributed by atoms with van der Waals surface area (Å²) in [6.45, 7) is 2.54. The fourth-order valence-electron chi connectivity index (χ4n) is 3.44. The van der Waals surface area contributed by atoms with E-state index in [4.69, 9.17) is 0 Å². The largest absolute Gasteiger partial charge is 0.334 e. The highest BCUT2D eigenvalue weighted by molar-refractivity contribution is 7.91. The molecule has 0 radical (unpaired) electrons. The lowest BCUT2D eigenvalue weighted by atomic mass is 10.1. The molecule has 27 heavy (non-hydrogen) atoms. The first-order valence-electron chi connectivity index (χ1n) is 9.38. The van der Waals surface area contributed by atoms with Crippen molar-refractivity contribution >= 4 is 33.1 Å². The number of hydrazone groups is 1. The molecule has 2 aliphatic rings. The van der Waals surface area contributed by atoms with E-state index in [0.717, 1.165) is 12.8 Å². The lowest BCUT2D eigenvalue weighted by Crippen LogP contribution is -2.47. The molecule has 0 bridgehead atoms. The van der Waals surface area contributed by atoms with Gasteiger partial charge in [-0.25, -0.2) is 13.4 Å². The number of carbonyl (C=O) groups excluding carboxylic acids is 2. The highest BCUT2D eigenvalue weighted by Crippen LogP contribution is 2.23. The number of sulfone groups is 1. The fourth-order valence-corrected chi connectivity index (χ4v) is 5.17. The molecule has 2 amide bonds. The van der Waals surface area contributed by atoms with Gasteiger partial charge in [-0.2, -0.15) is 5.10 Å². The number of rotatable bonds is 6. The molecule has 146 valence electrons. The number of hydrogen-bond donors (Lipinski definition) is 0. The average Bonchev–Trinajstić information content (AvgIpc) is 3.02. The highest BCUT2D eigenvalue weighted by atomic mass is 32.2. The van der Waals surface area contributed by atoms with Gasteiger partial charge in [0.25, 0.3) is 5.91 Å². The van der Waals surface area contributed by atoms with Gasteiger partial charge >= 0.3 is 0 Å². The van der Waals surface area contributed by atoms with E-state index < -0.39 is 9.84 Å². The molecule has 8 heteroatoms. The van der Waals surface area contributed by atoms with Crippen molar-refractivity contribution in [1.82, 2.24) is 4.90 Å². The molecule has 1 atom stereocenters. The van der Waals surface area contributed by atoms with Gasteiger partial charge in [0.1, 0.15) is 5.71 Å². The van der Waals surface area contributed by atoms with Crippen molar-refractivity contribution in [3.8, 4) is 0 Å². The van der Waals surface area contributed by atoms with Gasteiger partial charge in [-0.1, -0.05) is 31.5 Å². The highest BCUT2D eigenvalue weighted by Gasteiger charge is 2.37. The molecule has 1 aromatic carbocycles. The zero-order valence-corrected chi connectivity index (χ0v) is 16.3. The summed E-state index contributed by atoms with van der Waals surface area (Å²) in [6.07, 6.45) is 2.67. The van der Waals surface area contributed by atoms with Gasteiger partial charge in [0.05, 0.1) is 17.2 Å². The molecule has 7 nitrogen and oxygen atoms in total. The van der Waals surface area contributed by atoms with Crippen LogP contribution in [0.2, 0.25) is 0 Å². The van der Waals surface area contributed by atoms with E-state index in [0.29, 0.717) is 24.4 Å². The molecule has 2 aliphatic heterocycles. The van der Waals surface area contributed by atoms with Crippen molar-refractivity contribution in [2.24, 2.45) is 5.10 Å². The number of amides is 2. The van der Waals surface area contributed by atoms with Gasteiger partial charge in [0.2, 0.25) is 5.91 Å². The third-order valence-corrected chi connectivity index (χ3v) is 6.69. The maximum absolute atomic E-state index is 13.1. The Morgan fingerprint density at radius 3 is 2.63 bits per heavy atom. The molecule has 1 saturated heterocycles. The summed E-state index contributed by atoms with van der Waals surface area (Å²) in [5, 5.41) is 5.61. The number of carbonyl (C=O) groups is 2. The number of unbranched alkanes of at least 4 members (excludes halogenated alkanes) is 1. The first-order valence-corrected chi connectivity index (χ1v) is 11.2. The Balaban J connectivity index is 1.85. The van der Waals surface area contributed by atoms with Crippen LogP contribution < -0.4 is 5.01 Å². The van der Waals surface area contributed by atoms with Crippen LogP contribution in [0.3, 0.4) is 0 Å². The Labute approximate surface area is 159 Å². The Kier molecular flexibility index (Phi) is 5.94. The van der Waals surface area contributed by atoms with Crippen molar-refractivity contribution in [3.63, 3.8) is 0 Å². The summed E-state index contributed by atoms with van der Waals surface area (Å²) >= 11 is 0. The number of nitrogens with zero attached hydrogens (tertiary/aromatic N) is 3. The monoisotopic (exact) mass is 391 g/mol. The number of benzene rings is 1. The second-order valence-electron chi connectivity index (χ2n) is 7.00. The number of anilines is 1.